The molecule has 0 saturated heterocycles. The smallest absolute Gasteiger partial charge is 0.234 e. The first-order valence-corrected chi connectivity index (χ1v) is 9.14. The number of methoxy groups -OCH3 is 1. The fourth-order valence-corrected chi connectivity index (χ4v) is 3.41. The van der Waals surface area contributed by atoms with Crippen LogP contribution in [0.25, 0.3) is 0 Å². The molecule has 1 aromatic carbocycles. The van der Waals surface area contributed by atoms with Crippen LogP contribution in [0, 0.1) is 0 Å². The number of halogens is 1. The summed E-state index contributed by atoms with van der Waals surface area (Å²) in [4.78, 5) is 12.1. The van der Waals surface area contributed by atoms with Crippen molar-refractivity contribution in [2.24, 2.45) is 0 Å². The number of hydrogen-bond acceptors (Lipinski definition) is 7. The Hall–Kier alpha value is -1.51. The van der Waals surface area contributed by atoms with Crippen LogP contribution in [-0.2, 0) is 4.79 Å². The molecule has 23 heavy (non-hydrogen) atoms. The Morgan fingerprint density at radius 2 is 2.26 bits per heavy atom. The zero-order valence-corrected chi connectivity index (χ0v) is 15.1. The van der Waals surface area contributed by atoms with E-state index >= 15 is 0 Å². The quantitative estimate of drug-likeness (QED) is 0.687. The lowest BCUT2D eigenvalue weighted by atomic mass is 10.3. The van der Waals surface area contributed by atoms with E-state index in [2.05, 4.69) is 27.8 Å². The Bertz CT molecular complexity index is 666. The van der Waals surface area contributed by atoms with Gasteiger partial charge in [0.1, 0.15) is 5.75 Å². The van der Waals surface area contributed by atoms with Crippen LogP contribution in [0.3, 0.4) is 0 Å². The molecule has 0 bridgehead atoms. The second-order valence-corrected chi connectivity index (χ2v) is 7.12. The number of rotatable bonds is 8. The number of anilines is 2. The number of nitrogens with one attached hydrogen (secondary N) is 2. The minimum absolute atomic E-state index is 0.158. The Labute approximate surface area is 148 Å². The minimum Gasteiger partial charge on any atom is -0.495 e. The summed E-state index contributed by atoms with van der Waals surface area (Å²) < 4.78 is 5.94. The van der Waals surface area contributed by atoms with Crippen LogP contribution in [0.5, 0.6) is 5.75 Å². The Morgan fingerprint density at radius 1 is 1.43 bits per heavy atom. The molecule has 9 heteroatoms. The van der Waals surface area contributed by atoms with E-state index in [1.54, 1.807) is 25.3 Å². The van der Waals surface area contributed by atoms with Crippen molar-refractivity contribution in [1.29, 1.82) is 0 Å². The van der Waals surface area contributed by atoms with Gasteiger partial charge in [-0.3, -0.25) is 4.79 Å². The van der Waals surface area contributed by atoms with Crippen LogP contribution in [0.1, 0.15) is 13.3 Å². The SMILES string of the molecule is CCCNc1nnc(SCC(=O)Nc2cc(Cl)ccc2OC)s1. The van der Waals surface area contributed by atoms with Crippen LogP contribution < -0.4 is 15.4 Å². The van der Waals surface area contributed by atoms with Gasteiger partial charge in [0.25, 0.3) is 0 Å². The van der Waals surface area contributed by atoms with E-state index in [9.17, 15) is 4.79 Å². The maximum Gasteiger partial charge on any atom is 0.234 e. The zero-order valence-electron chi connectivity index (χ0n) is 12.8. The van der Waals surface area contributed by atoms with E-state index in [-0.39, 0.29) is 11.7 Å². The molecule has 6 nitrogen and oxygen atoms in total. The topological polar surface area (TPSA) is 76.1 Å². The number of thioether (sulfide) groups is 1. The van der Waals surface area contributed by atoms with E-state index < -0.39 is 0 Å². The van der Waals surface area contributed by atoms with Gasteiger partial charge in [0, 0.05) is 11.6 Å². The van der Waals surface area contributed by atoms with Crippen molar-refractivity contribution in [2.45, 2.75) is 17.7 Å². The third kappa shape index (κ3) is 5.56. The second kappa shape index (κ2) is 8.95. The highest BCUT2D eigenvalue weighted by atomic mass is 35.5. The normalized spacial score (nSPS) is 10.4. The number of aromatic nitrogens is 2. The van der Waals surface area contributed by atoms with E-state index in [4.69, 9.17) is 16.3 Å². The molecule has 0 spiro atoms. The van der Waals surface area contributed by atoms with Crippen molar-refractivity contribution in [3.63, 3.8) is 0 Å². The predicted octanol–water partition coefficient (Wildman–Crippen LogP) is 3.75. The molecule has 1 amide bonds. The summed E-state index contributed by atoms with van der Waals surface area (Å²) in [5, 5.41) is 15.3. The van der Waals surface area contributed by atoms with Gasteiger partial charge in [0.15, 0.2) is 4.34 Å². The van der Waals surface area contributed by atoms with Crippen molar-refractivity contribution in [1.82, 2.24) is 10.2 Å². The molecule has 0 aliphatic heterocycles. The molecule has 0 saturated carbocycles. The van der Waals surface area contributed by atoms with Crippen LogP contribution >= 0.6 is 34.7 Å². The number of ether oxygens (including phenoxy) is 1. The monoisotopic (exact) mass is 372 g/mol. The summed E-state index contributed by atoms with van der Waals surface area (Å²) in [5.74, 6) is 0.640. The number of amides is 1. The predicted molar refractivity (Wildman–Crippen MR) is 96.0 cm³/mol. The Morgan fingerprint density at radius 3 is 3.00 bits per heavy atom. The number of hydrogen-bond donors (Lipinski definition) is 2. The molecule has 2 N–H and O–H groups in total. The highest BCUT2D eigenvalue weighted by Crippen LogP contribution is 2.29. The van der Waals surface area contributed by atoms with Crippen LogP contribution in [0.4, 0.5) is 10.8 Å². The number of nitrogens with zero attached hydrogens (tertiary/aromatic N) is 2. The summed E-state index contributed by atoms with van der Waals surface area (Å²) in [5.41, 5.74) is 0.549. The molecule has 0 radical (unpaired) electrons. The van der Waals surface area contributed by atoms with Crippen molar-refractivity contribution < 1.29 is 9.53 Å². The van der Waals surface area contributed by atoms with Gasteiger partial charge in [-0.15, -0.1) is 10.2 Å². The Balaban J connectivity index is 1.88. The lowest BCUT2D eigenvalue weighted by Gasteiger charge is -2.09. The average Bonchev–Trinajstić information content (AvgIpc) is 2.99. The molecule has 0 fully saturated rings. The molecule has 0 atom stereocenters. The van der Waals surface area contributed by atoms with Crippen molar-refractivity contribution in [3.05, 3.63) is 23.2 Å². The number of carbonyl (C=O) groups excluding carboxylic acids is 1. The Kier molecular flexibility index (Phi) is 6.94. The molecule has 1 heterocycles. The van der Waals surface area contributed by atoms with Gasteiger partial charge >= 0.3 is 0 Å². The first kappa shape index (κ1) is 17.8. The second-order valence-electron chi connectivity index (χ2n) is 4.48. The van der Waals surface area contributed by atoms with Gasteiger partial charge in [-0.1, -0.05) is 41.6 Å². The van der Waals surface area contributed by atoms with E-state index in [1.807, 2.05) is 0 Å². The van der Waals surface area contributed by atoms with Gasteiger partial charge in [-0.2, -0.15) is 0 Å². The van der Waals surface area contributed by atoms with Crippen LogP contribution in [0.2, 0.25) is 5.02 Å². The fourth-order valence-electron chi connectivity index (χ4n) is 1.66. The number of benzene rings is 1. The first-order valence-electron chi connectivity index (χ1n) is 6.96. The molecule has 2 aromatic rings. The maximum absolute atomic E-state index is 12.1. The van der Waals surface area contributed by atoms with Gasteiger partial charge in [-0.25, -0.2) is 0 Å². The van der Waals surface area contributed by atoms with Crippen molar-refractivity contribution >= 4 is 51.4 Å². The molecule has 0 unspecified atom stereocenters. The molecular formula is C14H17ClN4O2S2. The van der Waals surface area contributed by atoms with Gasteiger partial charge in [0.05, 0.1) is 18.6 Å². The summed E-state index contributed by atoms with van der Waals surface area (Å²) in [6, 6.07) is 5.07. The molecule has 0 aliphatic carbocycles. The molecular weight excluding hydrogens is 356 g/mol. The lowest BCUT2D eigenvalue weighted by Crippen LogP contribution is -2.14. The van der Waals surface area contributed by atoms with Crippen molar-refractivity contribution in [2.75, 3.05) is 30.0 Å². The average molecular weight is 373 g/mol. The summed E-state index contributed by atoms with van der Waals surface area (Å²) >= 11 is 8.71. The molecule has 124 valence electrons. The molecule has 2 rings (SSSR count). The first-order chi connectivity index (χ1) is 11.1. The standard InChI is InChI=1S/C14H17ClN4O2S2/c1-3-6-16-13-18-19-14(23-13)22-8-12(20)17-10-7-9(15)4-5-11(10)21-2/h4-5,7H,3,6,8H2,1-2H3,(H,16,18)(H,17,20). The largest absolute Gasteiger partial charge is 0.495 e. The van der Waals surface area contributed by atoms with Crippen molar-refractivity contribution in [3.8, 4) is 5.75 Å². The van der Waals surface area contributed by atoms with Gasteiger partial charge < -0.3 is 15.4 Å². The van der Waals surface area contributed by atoms with Crippen LogP contribution in [-0.4, -0.2) is 35.5 Å². The third-order valence-corrected chi connectivity index (χ3v) is 4.94. The van der Waals surface area contributed by atoms with Gasteiger partial charge in [0.2, 0.25) is 11.0 Å². The van der Waals surface area contributed by atoms with E-state index in [0.29, 0.717) is 16.5 Å². The zero-order chi connectivity index (χ0) is 16.7. The maximum atomic E-state index is 12.1. The van der Waals surface area contributed by atoms with Gasteiger partial charge in [-0.05, 0) is 24.6 Å². The minimum atomic E-state index is -0.158. The highest BCUT2D eigenvalue weighted by molar-refractivity contribution is 8.01. The van der Waals surface area contributed by atoms with E-state index in [1.165, 1.54) is 23.1 Å². The van der Waals surface area contributed by atoms with Crippen LogP contribution in [0.15, 0.2) is 22.5 Å². The summed E-state index contributed by atoms with van der Waals surface area (Å²) in [6.07, 6.45) is 1.02. The summed E-state index contributed by atoms with van der Waals surface area (Å²) in [7, 11) is 1.54. The highest BCUT2D eigenvalue weighted by Gasteiger charge is 2.11. The van der Waals surface area contributed by atoms with E-state index in [0.717, 1.165) is 22.4 Å². The fraction of sp³-hybridized carbons (Fsp3) is 0.357. The molecule has 1 aromatic heterocycles. The number of carbonyl (C=O) groups is 1. The third-order valence-electron chi connectivity index (χ3n) is 2.70. The lowest BCUT2D eigenvalue weighted by molar-refractivity contribution is -0.113. The molecule has 0 aliphatic rings. The summed E-state index contributed by atoms with van der Waals surface area (Å²) in [6.45, 7) is 2.94.